The molecule has 0 N–H and O–H groups in total. The lowest BCUT2D eigenvalue weighted by Crippen LogP contribution is -2.37. The Labute approximate surface area is 102 Å². The lowest BCUT2D eigenvalue weighted by atomic mass is 9.72. The Morgan fingerprint density at radius 2 is 1.88 bits per heavy atom. The molecule has 0 aromatic rings. The number of carbonyl (C=O) groups excluding carboxylic acids is 2. The highest BCUT2D eigenvalue weighted by Crippen LogP contribution is 2.59. The number of ether oxygens (including phenoxy) is 2. The first-order valence-electron chi connectivity index (χ1n) is 6.36. The van der Waals surface area contributed by atoms with Gasteiger partial charge in [-0.1, -0.05) is 0 Å². The zero-order valence-corrected chi connectivity index (χ0v) is 10.5. The molecule has 2 atom stereocenters. The summed E-state index contributed by atoms with van der Waals surface area (Å²) in [6.45, 7) is 2.16. The third kappa shape index (κ3) is 2.45. The Bertz CT molecular complexity index is 319. The number of hydrogen-bond acceptors (Lipinski definition) is 4. The van der Waals surface area contributed by atoms with E-state index in [0.29, 0.717) is 12.0 Å². The molecule has 0 amide bonds. The third-order valence-electron chi connectivity index (χ3n) is 4.17. The molecular formula is C13H20O4. The van der Waals surface area contributed by atoms with Crippen LogP contribution in [0.1, 0.15) is 39.0 Å². The van der Waals surface area contributed by atoms with E-state index >= 15 is 0 Å². The van der Waals surface area contributed by atoms with Crippen LogP contribution in [0.4, 0.5) is 0 Å². The topological polar surface area (TPSA) is 52.6 Å². The van der Waals surface area contributed by atoms with E-state index in [1.807, 2.05) is 0 Å². The van der Waals surface area contributed by atoms with Gasteiger partial charge in [0.05, 0.1) is 25.6 Å². The lowest BCUT2D eigenvalue weighted by molar-refractivity contribution is -0.162. The number of esters is 2. The van der Waals surface area contributed by atoms with E-state index < -0.39 is 0 Å². The Kier molecular flexibility index (Phi) is 3.40. The molecule has 0 saturated heterocycles. The molecule has 4 heteroatoms. The van der Waals surface area contributed by atoms with Crippen LogP contribution in [0, 0.1) is 17.3 Å². The van der Waals surface area contributed by atoms with Crippen molar-refractivity contribution in [2.45, 2.75) is 39.0 Å². The summed E-state index contributed by atoms with van der Waals surface area (Å²) in [7, 11) is 1.39. The fourth-order valence-corrected chi connectivity index (χ4v) is 2.93. The standard InChI is InChI=1S/C13H20O4/c1-3-17-12(15)9-4-5-13(6-7-13)8-10(9)11(14)16-2/h9-10H,3-8H2,1-2H3/t9-,10-/m0/s1. The van der Waals surface area contributed by atoms with Crippen LogP contribution in [0.15, 0.2) is 0 Å². The van der Waals surface area contributed by atoms with Gasteiger partial charge in [-0.05, 0) is 44.4 Å². The zero-order chi connectivity index (χ0) is 12.5. The van der Waals surface area contributed by atoms with Gasteiger partial charge in [-0.25, -0.2) is 0 Å². The summed E-state index contributed by atoms with van der Waals surface area (Å²) in [4.78, 5) is 23.6. The summed E-state index contributed by atoms with van der Waals surface area (Å²) in [5, 5.41) is 0. The number of carbonyl (C=O) groups is 2. The van der Waals surface area contributed by atoms with Gasteiger partial charge in [-0.15, -0.1) is 0 Å². The molecule has 0 aromatic carbocycles. The minimum Gasteiger partial charge on any atom is -0.469 e. The van der Waals surface area contributed by atoms with Gasteiger partial charge in [-0.3, -0.25) is 9.59 Å². The molecule has 0 bridgehead atoms. The predicted molar refractivity (Wildman–Crippen MR) is 61.1 cm³/mol. The van der Waals surface area contributed by atoms with Crippen LogP contribution in [0.3, 0.4) is 0 Å². The Balaban J connectivity index is 2.07. The number of rotatable bonds is 3. The molecule has 0 aliphatic heterocycles. The average molecular weight is 240 g/mol. The first kappa shape index (κ1) is 12.4. The van der Waals surface area contributed by atoms with Crippen molar-refractivity contribution in [2.24, 2.45) is 17.3 Å². The molecule has 2 aliphatic carbocycles. The van der Waals surface area contributed by atoms with Gasteiger partial charge in [-0.2, -0.15) is 0 Å². The van der Waals surface area contributed by atoms with Crippen LogP contribution < -0.4 is 0 Å². The summed E-state index contributed by atoms with van der Waals surface area (Å²) in [5.41, 5.74) is 0.335. The minimum atomic E-state index is -0.298. The Morgan fingerprint density at radius 1 is 1.18 bits per heavy atom. The molecule has 96 valence electrons. The van der Waals surface area contributed by atoms with Crippen molar-refractivity contribution in [1.82, 2.24) is 0 Å². The van der Waals surface area contributed by atoms with Gasteiger partial charge < -0.3 is 9.47 Å². The van der Waals surface area contributed by atoms with Crippen molar-refractivity contribution in [1.29, 1.82) is 0 Å². The minimum absolute atomic E-state index is 0.238. The van der Waals surface area contributed by atoms with Crippen molar-refractivity contribution in [3.05, 3.63) is 0 Å². The van der Waals surface area contributed by atoms with Crippen LogP contribution in [0.25, 0.3) is 0 Å². The van der Waals surface area contributed by atoms with Gasteiger partial charge >= 0.3 is 11.9 Å². The average Bonchev–Trinajstić information content (AvgIpc) is 3.07. The molecule has 0 heterocycles. The second-order valence-corrected chi connectivity index (χ2v) is 5.23. The fourth-order valence-electron chi connectivity index (χ4n) is 2.93. The van der Waals surface area contributed by atoms with Crippen molar-refractivity contribution in [3.8, 4) is 0 Å². The van der Waals surface area contributed by atoms with Crippen LogP contribution in [0.5, 0.6) is 0 Å². The first-order chi connectivity index (χ1) is 8.12. The maximum Gasteiger partial charge on any atom is 0.309 e. The highest BCUT2D eigenvalue weighted by Gasteiger charge is 2.52. The van der Waals surface area contributed by atoms with Crippen LogP contribution in [-0.2, 0) is 19.1 Å². The monoisotopic (exact) mass is 240 g/mol. The van der Waals surface area contributed by atoms with E-state index in [1.54, 1.807) is 6.92 Å². The first-order valence-corrected chi connectivity index (χ1v) is 6.36. The SMILES string of the molecule is CCOC(=O)[C@H]1CCC2(CC2)C[C@@H]1C(=O)OC. The van der Waals surface area contributed by atoms with E-state index in [2.05, 4.69) is 0 Å². The number of methoxy groups -OCH3 is 1. The largest absolute Gasteiger partial charge is 0.469 e. The Morgan fingerprint density at radius 3 is 2.41 bits per heavy atom. The molecule has 2 rings (SSSR count). The second-order valence-electron chi connectivity index (χ2n) is 5.23. The molecule has 17 heavy (non-hydrogen) atoms. The zero-order valence-electron chi connectivity index (χ0n) is 10.5. The maximum atomic E-state index is 11.8. The van der Waals surface area contributed by atoms with E-state index in [0.717, 1.165) is 19.3 Å². The summed E-state index contributed by atoms with van der Waals surface area (Å²) in [5.74, 6) is -1.09. The van der Waals surface area contributed by atoms with Gasteiger partial charge in [0.15, 0.2) is 0 Å². The molecule has 0 radical (unpaired) electrons. The van der Waals surface area contributed by atoms with Crippen LogP contribution in [-0.4, -0.2) is 25.7 Å². The summed E-state index contributed by atoms with van der Waals surface area (Å²) in [6.07, 6.45) is 4.98. The summed E-state index contributed by atoms with van der Waals surface area (Å²) in [6, 6.07) is 0. The van der Waals surface area contributed by atoms with Crippen molar-refractivity contribution >= 4 is 11.9 Å². The molecule has 2 saturated carbocycles. The van der Waals surface area contributed by atoms with Crippen LogP contribution in [0.2, 0.25) is 0 Å². The summed E-state index contributed by atoms with van der Waals surface area (Å²) >= 11 is 0. The van der Waals surface area contributed by atoms with Crippen molar-refractivity contribution < 1.29 is 19.1 Å². The quantitative estimate of drug-likeness (QED) is 0.707. The molecular weight excluding hydrogens is 220 g/mol. The van der Waals surface area contributed by atoms with E-state index in [9.17, 15) is 9.59 Å². The number of hydrogen-bond donors (Lipinski definition) is 0. The molecule has 4 nitrogen and oxygen atoms in total. The Hall–Kier alpha value is -1.06. The van der Waals surface area contributed by atoms with Gasteiger partial charge in [0.2, 0.25) is 0 Å². The maximum absolute atomic E-state index is 11.8. The van der Waals surface area contributed by atoms with Gasteiger partial charge in [0, 0.05) is 0 Å². The predicted octanol–water partition coefficient (Wildman–Crippen LogP) is 1.92. The van der Waals surface area contributed by atoms with E-state index in [4.69, 9.17) is 9.47 Å². The molecule has 1 spiro atoms. The van der Waals surface area contributed by atoms with Crippen molar-refractivity contribution in [3.63, 3.8) is 0 Å². The van der Waals surface area contributed by atoms with E-state index in [-0.39, 0.29) is 23.8 Å². The van der Waals surface area contributed by atoms with E-state index in [1.165, 1.54) is 20.0 Å². The highest BCUT2D eigenvalue weighted by atomic mass is 16.5. The fraction of sp³-hybridized carbons (Fsp3) is 0.846. The van der Waals surface area contributed by atoms with Gasteiger partial charge in [0.25, 0.3) is 0 Å². The third-order valence-corrected chi connectivity index (χ3v) is 4.17. The molecule has 0 unspecified atom stereocenters. The molecule has 2 fully saturated rings. The normalized spacial score (nSPS) is 29.8. The molecule has 2 aliphatic rings. The van der Waals surface area contributed by atoms with Crippen molar-refractivity contribution in [2.75, 3.05) is 13.7 Å². The summed E-state index contributed by atoms with van der Waals surface area (Å²) < 4.78 is 9.87. The van der Waals surface area contributed by atoms with Crippen LogP contribution >= 0.6 is 0 Å². The molecule has 0 aromatic heterocycles. The second kappa shape index (κ2) is 4.67. The lowest BCUT2D eigenvalue weighted by Gasteiger charge is -2.33. The smallest absolute Gasteiger partial charge is 0.309 e. The van der Waals surface area contributed by atoms with Gasteiger partial charge in [0.1, 0.15) is 0 Å². The highest BCUT2D eigenvalue weighted by molar-refractivity contribution is 5.82.